The molecule has 0 atom stereocenters. The number of carbonyl (C=O) groups is 1. The maximum atomic E-state index is 12.5. The monoisotopic (exact) mass is 283 g/mol. The van der Waals surface area contributed by atoms with Crippen LogP contribution in [-0.2, 0) is 13.0 Å². The van der Waals surface area contributed by atoms with Crippen molar-refractivity contribution < 1.29 is 9.90 Å². The Labute approximate surface area is 117 Å². The van der Waals surface area contributed by atoms with Gasteiger partial charge in [-0.25, -0.2) is 5.10 Å². The van der Waals surface area contributed by atoms with Gasteiger partial charge >= 0.3 is 0 Å². The number of carbonyl (C=O) groups excluding carboxylic acids is 1. The van der Waals surface area contributed by atoms with E-state index in [-0.39, 0.29) is 17.1 Å². The van der Waals surface area contributed by atoms with E-state index >= 15 is 0 Å². The molecule has 2 N–H and O–H groups in total. The number of nitrogens with one attached hydrogen (secondary N) is 1. The van der Waals surface area contributed by atoms with Crippen molar-refractivity contribution in [3.8, 4) is 5.75 Å². The average Bonchev–Trinajstić information content (AvgIpc) is 3.15. The number of para-hydroxylation sites is 1. The van der Waals surface area contributed by atoms with Gasteiger partial charge in [-0.05, 0) is 28.5 Å². The fourth-order valence-electron chi connectivity index (χ4n) is 2.80. The van der Waals surface area contributed by atoms with Gasteiger partial charge in [0.25, 0.3) is 5.56 Å². The van der Waals surface area contributed by atoms with Crippen LogP contribution in [0.25, 0.3) is 10.9 Å². The Hall–Kier alpha value is -3.03. The molecule has 0 aliphatic carbocycles. The number of aromatic nitrogens is 5. The molecule has 0 bridgehead atoms. The third kappa shape index (κ3) is 1.46. The fourth-order valence-corrected chi connectivity index (χ4v) is 2.80. The average molecular weight is 283 g/mol. The zero-order valence-corrected chi connectivity index (χ0v) is 10.7. The lowest BCUT2D eigenvalue weighted by Gasteiger charge is -2.09. The summed E-state index contributed by atoms with van der Waals surface area (Å²) in [6, 6.07) is 5.39. The van der Waals surface area contributed by atoms with Crippen molar-refractivity contribution in [2.45, 2.75) is 13.0 Å². The molecule has 8 heteroatoms. The van der Waals surface area contributed by atoms with Crippen LogP contribution in [-0.4, -0.2) is 36.1 Å². The number of hydrogen-bond donors (Lipinski definition) is 2. The maximum Gasteiger partial charge on any atom is 0.266 e. The standard InChI is InChI=1S/C13H9N5O3/c19-10-7-3-1-2-6-4-5-18(9(6)7)13(21)8(10)11(20)12-14-16-17-15-12/h1-3,19H,4-5H2,(H,14,15,16,17). The first kappa shape index (κ1) is 11.8. The zero-order chi connectivity index (χ0) is 14.6. The molecule has 8 nitrogen and oxygen atoms in total. The van der Waals surface area contributed by atoms with E-state index in [0.29, 0.717) is 23.9 Å². The lowest BCUT2D eigenvalue weighted by atomic mass is 10.0. The smallest absolute Gasteiger partial charge is 0.266 e. The Morgan fingerprint density at radius 1 is 1.38 bits per heavy atom. The number of aromatic hydroxyl groups is 1. The van der Waals surface area contributed by atoms with Gasteiger partial charge in [0.2, 0.25) is 11.6 Å². The minimum Gasteiger partial charge on any atom is -0.506 e. The van der Waals surface area contributed by atoms with Gasteiger partial charge in [0, 0.05) is 11.9 Å². The summed E-state index contributed by atoms with van der Waals surface area (Å²) >= 11 is 0. The molecule has 0 unspecified atom stereocenters. The number of benzene rings is 1. The second-order valence-corrected chi connectivity index (χ2v) is 4.82. The quantitative estimate of drug-likeness (QED) is 0.640. The van der Waals surface area contributed by atoms with Crippen molar-refractivity contribution in [2.24, 2.45) is 0 Å². The van der Waals surface area contributed by atoms with Crippen molar-refractivity contribution in [2.75, 3.05) is 0 Å². The van der Waals surface area contributed by atoms with Crippen LogP contribution in [0.5, 0.6) is 5.75 Å². The van der Waals surface area contributed by atoms with Gasteiger partial charge in [0.05, 0.1) is 5.52 Å². The van der Waals surface area contributed by atoms with Gasteiger partial charge < -0.3 is 9.67 Å². The van der Waals surface area contributed by atoms with E-state index in [1.165, 1.54) is 4.57 Å². The molecule has 1 aliphatic heterocycles. The van der Waals surface area contributed by atoms with Gasteiger partial charge in [0.1, 0.15) is 11.3 Å². The Bertz CT molecular complexity index is 943. The summed E-state index contributed by atoms with van der Waals surface area (Å²) in [6.07, 6.45) is 0.702. The first-order valence-corrected chi connectivity index (χ1v) is 6.34. The Morgan fingerprint density at radius 2 is 2.24 bits per heavy atom. The highest BCUT2D eigenvalue weighted by atomic mass is 16.3. The molecule has 0 fully saturated rings. The lowest BCUT2D eigenvalue weighted by Crippen LogP contribution is -2.26. The number of tetrazole rings is 1. The van der Waals surface area contributed by atoms with Crippen LogP contribution < -0.4 is 5.56 Å². The molecule has 0 saturated heterocycles. The molecule has 0 amide bonds. The minimum atomic E-state index is -0.717. The summed E-state index contributed by atoms with van der Waals surface area (Å²) in [5, 5.41) is 23.3. The number of nitrogens with zero attached hydrogens (tertiary/aromatic N) is 4. The number of H-pyrrole nitrogens is 1. The van der Waals surface area contributed by atoms with Crippen LogP contribution in [0.3, 0.4) is 0 Å². The predicted octanol–water partition coefficient (Wildman–Crippen LogP) is 0.00730. The van der Waals surface area contributed by atoms with Crippen LogP contribution in [0, 0.1) is 0 Å². The summed E-state index contributed by atoms with van der Waals surface area (Å²) in [4.78, 5) is 24.8. The molecule has 3 aromatic rings. The number of rotatable bonds is 2. The fraction of sp³-hybridized carbons (Fsp3) is 0.154. The summed E-state index contributed by atoms with van der Waals surface area (Å²) in [5.74, 6) is -1.22. The van der Waals surface area contributed by atoms with Crippen molar-refractivity contribution in [1.29, 1.82) is 0 Å². The highest BCUT2D eigenvalue weighted by molar-refractivity contribution is 6.11. The third-order valence-electron chi connectivity index (χ3n) is 3.73. The molecular formula is C13H9N5O3. The van der Waals surface area contributed by atoms with E-state index in [4.69, 9.17) is 0 Å². The number of pyridine rings is 1. The van der Waals surface area contributed by atoms with E-state index in [9.17, 15) is 14.7 Å². The molecule has 0 saturated carbocycles. The predicted molar refractivity (Wildman–Crippen MR) is 71.2 cm³/mol. The van der Waals surface area contributed by atoms with Gasteiger partial charge in [-0.1, -0.05) is 12.1 Å². The lowest BCUT2D eigenvalue weighted by molar-refractivity contribution is 0.102. The Morgan fingerprint density at radius 3 is 3.00 bits per heavy atom. The van der Waals surface area contributed by atoms with Gasteiger partial charge in [-0.15, -0.1) is 5.10 Å². The molecule has 3 heterocycles. The summed E-state index contributed by atoms with van der Waals surface area (Å²) < 4.78 is 1.52. The molecule has 4 rings (SSSR count). The molecular weight excluding hydrogens is 274 g/mol. The first-order valence-electron chi connectivity index (χ1n) is 6.34. The van der Waals surface area contributed by atoms with Crippen molar-refractivity contribution in [3.63, 3.8) is 0 Å². The van der Waals surface area contributed by atoms with Crippen LogP contribution in [0.4, 0.5) is 0 Å². The number of aromatic amines is 1. The largest absolute Gasteiger partial charge is 0.506 e. The Kier molecular flexibility index (Phi) is 2.23. The van der Waals surface area contributed by atoms with Crippen LogP contribution in [0.15, 0.2) is 23.0 Å². The van der Waals surface area contributed by atoms with Crippen LogP contribution in [0.1, 0.15) is 21.7 Å². The molecule has 0 radical (unpaired) electrons. The number of aryl methyl sites for hydroxylation is 2. The van der Waals surface area contributed by atoms with Crippen LogP contribution in [0.2, 0.25) is 0 Å². The van der Waals surface area contributed by atoms with Gasteiger partial charge in [0.15, 0.2) is 0 Å². The van der Waals surface area contributed by atoms with E-state index < -0.39 is 11.3 Å². The van der Waals surface area contributed by atoms with E-state index in [1.54, 1.807) is 12.1 Å². The normalized spacial score (nSPS) is 13.0. The highest BCUT2D eigenvalue weighted by Crippen LogP contribution is 2.32. The minimum absolute atomic E-state index is 0.177. The zero-order valence-electron chi connectivity index (χ0n) is 10.7. The van der Waals surface area contributed by atoms with Crippen molar-refractivity contribution in [3.05, 3.63) is 45.5 Å². The van der Waals surface area contributed by atoms with Gasteiger partial charge in [-0.3, -0.25) is 9.59 Å². The second-order valence-electron chi connectivity index (χ2n) is 4.82. The molecule has 2 aromatic heterocycles. The molecule has 1 aliphatic rings. The van der Waals surface area contributed by atoms with Crippen LogP contribution >= 0.6 is 0 Å². The maximum absolute atomic E-state index is 12.5. The molecule has 21 heavy (non-hydrogen) atoms. The third-order valence-corrected chi connectivity index (χ3v) is 3.73. The van der Waals surface area contributed by atoms with Gasteiger partial charge in [-0.2, -0.15) is 0 Å². The second kappa shape index (κ2) is 3.98. The topological polar surface area (TPSA) is 114 Å². The Balaban J connectivity index is 2.09. The van der Waals surface area contributed by atoms with E-state index in [0.717, 1.165) is 5.56 Å². The van der Waals surface area contributed by atoms with Crippen molar-refractivity contribution >= 4 is 16.7 Å². The number of ketones is 1. The molecule has 1 aromatic carbocycles. The summed E-state index contributed by atoms with van der Waals surface area (Å²) in [5.41, 5.74) is 0.846. The molecule has 0 spiro atoms. The van der Waals surface area contributed by atoms with E-state index in [1.807, 2.05) is 6.07 Å². The highest BCUT2D eigenvalue weighted by Gasteiger charge is 2.28. The summed E-state index contributed by atoms with van der Waals surface area (Å²) in [7, 11) is 0. The first-order chi connectivity index (χ1) is 10.2. The number of hydrogen-bond acceptors (Lipinski definition) is 6. The summed E-state index contributed by atoms with van der Waals surface area (Å²) in [6.45, 7) is 0.490. The molecule has 104 valence electrons. The van der Waals surface area contributed by atoms with E-state index in [2.05, 4.69) is 20.6 Å². The SMILES string of the molecule is O=C(c1nnn[nH]1)c1c(O)c2cccc3c2n(c1=O)CC3. The van der Waals surface area contributed by atoms with Crippen molar-refractivity contribution in [1.82, 2.24) is 25.2 Å².